The van der Waals surface area contributed by atoms with Gasteiger partial charge in [-0.05, 0) is 31.9 Å². The number of aliphatic carboxylic acids is 6. The largest absolute Gasteiger partial charge is 0.524 e. The van der Waals surface area contributed by atoms with Crippen molar-refractivity contribution in [1.29, 1.82) is 0 Å². The zero-order valence-electron chi connectivity index (χ0n) is 24.5. The first-order valence-electron chi connectivity index (χ1n) is 12.0. The number of urea groups is 1. The van der Waals surface area contributed by atoms with Crippen LogP contribution in [0.4, 0.5) is 4.79 Å². The lowest BCUT2D eigenvalue weighted by Gasteiger charge is -2.08. The zero-order chi connectivity index (χ0) is 38.8. The molecule has 0 aliphatic heterocycles. The van der Waals surface area contributed by atoms with E-state index >= 15 is 0 Å². The summed E-state index contributed by atoms with van der Waals surface area (Å²) in [6, 6.07) is 3.07. The Kier molecular flexibility index (Phi) is 26.9. The fraction of sp³-hybridized carbons (Fsp3) is 0.318. The molecule has 2 unspecified atom stereocenters. The van der Waals surface area contributed by atoms with Gasteiger partial charge in [0.25, 0.3) is 0 Å². The van der Waals surface area contributed by atoms with Gasteiger partial charge < -0.3 is 68.1 Å². The second-order valence-corrected chi connectivity index (χ2v) is 9.05. The van der Waals surface area contributed by atoms with Gasteiger partial charge in [0.15, 0.2) is 0 Å². The fourth-order valence-electron chi connectivity index (χ4n) is 1.83. The number of hydrogen-bond donors (Lipinski definition) is 14. The number of carbonyl (C=O) groups is 9. The summed E-state index contributed by atoms with van der Waals surface area (Å²) >= 11 is 0. The molecule has 0 aromatic heterocycles. The van der Waals surface area contributed by atoms with Gasteiger partial charge in [0, 0.05) is 6.54 Å². The van der Waals surface area contributed by atoms with E-state index in [1.165, 1.54) is 31.2 Å². The summed E-state index contributed by atoms with van der Waals surface area (Å²) in [6.45, 7) is 1.47. The Morgan fingerprint density at radius 3 is 1.54 bits per heavy atom. The van der Waals surface area contributed by atoms with Crippen LogP contribution in [0, 0.1) is 0 Å². The molecule has 0 aliphatic rings. The molecule has 25 nitrogen and oxygen atoms in total. The smallest absolute Gasteiger partial charge is 0.480 e. The average molecular weight is 720 g/mol. The van der Waals surface area contributed by atoms with Gasteiger partial charge in [0.05, 0.1) is 6.04 Å². The standard InChI is InChI=1S/C7H7O6P.C6H13N3O3.C5H10N2O3.2C2H2O4/c8-7(9)5-3-1-2-4-6(5)13-14(10,11)12;7-4(5(10)11)2-1-3-9-6(8)12;1-3(6)5(10)7-2-4(8)9;2*3-1(4)2(5)6/h1-4H,(H,8,9)(H2,10,11,12);4H,1-3,7H2,(H,10,11)(H3,8,9,12);3H,2,6H2,1H3,(H,7,10)(H,8,9);2*(H,3,4)(H,5,6). The van der Waals surface area contributed by atoms with Crippen LogP contribution in [0.15, 0.2) is 24.3 Å². The molecule has 0 radical (unpaired) electrons. The molecular weight excluding hydrogens is 685 g/mol. The van der Waals surface area contributed by atoms with Crippen molar-refractivity contribution < 1.29 is 97.8 Å². The number of phosphoric acid groups is 1. The molecule has 2 atom stereocenters. The second-order valence-electron chi connectivity index (χ2n) is 7.88. The Hall–Kier alpha value is -5.88. The van der Waals surface area contributed by atoms with Crippen molar-refractivity contribution >= 4 is 61.5 Å². The number of carboxylic acid groups (broad SMARTS) is 7. The lowest BCUT2D eigenvalue weighted by molar-refractivity contribution is -0.159. The van der Waals surface area contributed by atoms with Crippen molar-refractivity contribution in [2.75, 3.05) is 13.1 Å². The maximum atomic E-state index is 10.6. The molecule has 0 fully saturated rings. The van der Waals surface area contributed by atoms with Crippen LogP contribution in [0.2, 0.25) is 0 Å². The fourth-order valence-corrected chi connectivity index (χ4v) is 2.25. The Bertz CT molecular complexity index is 1270. The quantitative estimate of drug-likeness (QED) is 0.0600. The molecule has 0 bridgehead atoms. The molecule has 1 rings (SSSR count). The lowest BCUT2D eigenvalue weighted by Crippen LogP contribution is -2.40. The molecule has 272 valence electrons. The minimum Gasteiger partial charge on any atom is -0.480 e. The molecule has 1 aromatic rings. The van der Waals surface area contributed by atoms with Crippen LogP contribution in [-0.2, 0) is 38.1 Å². The number of carboxylic acids is 7. The summed E-state index contributed by atoms with van der Waals surface area (Å²) in [4.78, 5) is 105. The van der Waals surface area contributed by atoms with E-state index in [9.17, 15) is 28.5 Å². The SMILES string of the molecule is CC(N)C(=O)NCC(=O)O.NC(=O)NCCCC(N)C(=O)O.O=C(O)C(=O)O.O=C(O)C(=O)O.O=C(O)c1ccccc1OP(=O)(O)O. The summed E-state index contributed by atoms with van der Waals surface area (Å²) in [5, 5.41) is 59.1. The van der Waals surface area contributed by atoms with Crippen LogP contribution in [0.1, 0.15) is 30.1 Å². The number of primary amides is 1. The lowest BCUT2D eigenvalue weighted by atomic mass is 10.2. The number of hydrogen-bond acceptors (Lipinski definition) is 13. The van der Waals surface area contributed by atoms with Crippen molar-refractivity contribution in [3.05, 3.63) is 29.8 Å². The zero-order valence-corrected chi connectivity index (χ0v) is 25.4. The van der Waals surface area contributed by atoms with Crippen LogP contribution in [0.3, 0.4) is 0 Å². The first-order chi connectivity index (χ1) is 21.8. The van der Waals surface area contributed by atoms with Gasteiger partial charge in [-0.2, -0.15) is 0 Å². The predicted molar refractivity (Wildman–Crippen MR) is 153 cm³/mol. The van der Waals surface area contributed by atoms with Crippen LogP contribution in [0.5, 0.6) is 5.75 Å². The molecule has 0 heterocycles. The van der Waals surface area contributed by atoms with Gasteiger partial charge in [-0.1, -0.05) is 12.1 Å². The highest BCUT2D eigenvalue weighted by Crippen LogP contribution is 2.38. The van der Waals surface area contributed by atoms with Gasteiger partial charge in [0.1, 0.15) is 23.9 Å². The number of carbonyl (C=O) groups excluding carboxylic acids is 2. The monoisotopic (exact) mass is 719 g/mol. The third-order valence-electron chi connectivity index (χ3n) is 3.84. The van der Waals surface area contributed by atoms with Gasteiger partial charge in [0.2, 0.25) is 5.91 Å². The normalized spacial score (nSPS) is 10.6. The molecule has 17 N–H and O–H groups in total. The first-order valence-corrected chi connectivity index (χ1v) is 13.6. The highest BCUT2D eigenvalue weighted by atomic mass is 31.2. The number of aromatic carboxylic acids is 1. The Balaban J connectivity index is -0.000000262. The number of benzene rings is 1. The minimum absolute atomic E-state index is 0.296. The van der Waals surface area contributed by atoms with E-state index in [1.54, 1.807) is 0 Å². The van der Waals surface area contributed by atoms with E-state index in [1.807, 2.05) is 0 Å². The van der Waals surface area contributed by atoms with Crippen molar-refractivity contribution in [3.8, 4) is 5.75 Å². The van der Waals surface area contributed by atoms with Gasteiger partial charge in [-0.15, -0.1) is 0 Å². The topological polar surface area (TPSA) is 464 Å². The third-order valence-corrected chi connectivity index (χ3v) is 4.27. The number of amides is 3. The van der Waals surface area contributed by atoms with Gasteiger partial charge in [-0.25, -0.2) is 33.3 Å². The molecule has 0 spiro atoms. The molecule has 1 aromatic carbocycles. The summed E-state index contributed by atoms with van der Waals surface area (Å²) in [7, 11) is -4.72. The van der Waals surface area contributed by atoms with Crippen molar-refractivity contribution in [3.63, 3.8) is 0 Å². The molecule has 0 saturated heterocycles. The molecule has 48 heavy (non-hydrogen) atoms. The van der Waals surface area contributed by atoms with E-state index in [-0.39, 0.29) is 17.9 Å². The number of para-hydroxylation sites is 1. The Morgan fingerprint density at radius 2 is 1.23 bits per heavy atom. The highest BCUT2D eigenvalue weighted by Gasteiger charge is 2.20. The van der Waals surface area contributed by atoms with Crippen LogP contribution in [-0.4, -0.2) is 124 Å². The number of nitrogens with two attached hydrogens (primary N) is 3. The summed E-state index contributed by atoms with van der Waals surface area (Å²) in [5.74, 6) is -11.5. The summed E-state index contributed by atoms with van der Waals surface area (Å²) < 4.78 is 14.6. The van der Waals surface area contributed by atoms with Crippen LogP contribution >= 0.6 is 7.82 Å². The highest BCUT2D eigenvalue weighted by molar-refractivity contribution is 7.46. The maximum absolute atomic E-state index is 10.6. The minimum atomic E-state index is -4.72. The predicted octanol–water partition coefficient (Wildman–Crippen LogP) is -3.45. The van der Waals surface area contributed by atoms with Gasteiger partial charge >= 0.3 is 55.6 Å². The molecule has 26 heteroatoms. The molecular formula is C22H34N5O20P. The van der Waals surface area contributed by atoms with Gasteiger partial charge in [-0.3, -0.25) is 24.2 Å². The summed E-state index contributed by atoms with van der Waals surface area (Å²) in [5.41, 5.74) is 14.8. The first kappa shape index (κ1) is 49.0. The third kappa shape index (κ3) is 34.6. The number of rotatable bonds is 11. The number of phosphoric ester groups is 1. The number of nitrogens with one attached hydrogen (secondary N) is 2. The molecule has 3 amide bonds. The van der Waals surface area contributed by atoms with Crippen LogP contribution < -0.4 is 32.4 Å². The van der Waals surface area contributed by atoms with E-state index in [0.717, 1.165) is 0 Å². The summed E-state index contributed by atoms with van der Waals surface area (Å²) in [6.07, 6.45) is 0.839. The van der Waals surface area contributed by atoms with Crippen LogP contribution in [0.25, 0.3) is 0 Å². The second kappa shape index (κ2) is 26.3. The average Bonchev–Trinajstić information content (AvgIpc) is 2.94. The van der Waals surface area contributed by atoms with Crippen molar-refractivity contribution in [1.82, 2.24) is 10.6 Å². The Morgan fingerprint density at radius 1 is 0.792 bits per heavy atom. The van der Waals surface area contributed by atoms with Crippen molar-refractivity contribution in [2.45, 2.75) is 31.8 Å². The van der Waals surface area contributed by atoms with E-state index in [0.29, 0.717) is 19.4 Å². The van der Waals surface area contributed by atoms with E-state index in [2.05, 4.69) is 15.2 Å². The Labute approximate surface area is 268 Å². The van der Waals surface area contributed by atoms with Crippen molar-refractivity contribution in [2.24, 2.45) is 17.2 Å². The maximum Gasteiger partial charge on any atom is 0.524 e. The van der Waals surface area contributed by atoms with E-state index < -0.39 is 73.6 Å². The molecule has 0 saturated carbocycles. The molecule has 0 aliphatic carbocycles. The van der Waals surface area contributed by atoms with E-state index in [4.69, 9.17) is 81.9 Å².